The first-order chi connectivity index (χ1) is 7.70. The molecular weight excluding hydrogens is 236 g/mol. The third-order valence-corrected chi connectivity index (χ3v) is 5.86. The summed E-state index contributed by atoms with van der Waals surface area (Å²) >= 11 is 3.98. The van der Waals surface area contributed by atoms with Gasteiger partial charge in [-0.05, 0) is 39.5 Å². The summed E-state index contributed by atoms with van der Waals surface area (Å²) in [6, 6.07) is 0.595. The van der Waals surface area contributed by atoms with Crippen molar-refractivity contribution in [2.24, 2.45) is 0 Å². The van der Waals surface area contributed by atoms with E-state index in [0.29, 0.717) is 6.04 Å². The van der Waals surface area contributed by atoms with Gasteiger partial charge in [-0.2, -0.15) is 11.8 Å². The van der Waals surface area contributed by atoms with Gasteiger partial charge in [-0.15, -0.1) is 11.3 Å². The van der Waals surface area contributed by atoms with Gasteiger partial charge in [0.1, 0.15) is 0 Å². The normalized spacial score (nSPS) is 22.6. The maximum atomic E-state index is 4.64. The maximum absolute atomic E-state index is 4.64. The second-order valence-electron chi connectivity index (χ2n) is 4.40. The maximum Gasteiger partial charge on any atom is 0.0946 e. The van der Waals surface area contributed by atoms with E-state index in [2.05, 4.69) is 43.0 Å². The summed E-state index contributed by atoms with van der Waals surface area (Å²) in [6.07, 6.45) is 3.83. The Kier molecular flexibility index (Phi) is 4.27. The Labute approximate surface area is 106 Å². The van der Waals surface area contributed by atoms with Crippen molar-refractivity contribution in [1.82, 2.24) is 10.3 Å². The molecule has 2 unspecified atom stereocenters. The third-order valence-electron chi connectivity index (χ3n) is 3.25. The first-order valence-electron chi connectivity index (χ1n) is 5.92. The third kappa shape index (κ3) is 2.79. The number of hydrogen-bond donors (Lipinski definition) is 1. The fourth-order valence-electron chi connectivity index (χ4n) is 2.15. The fourth-order valence-corrected chi connectivity index (χ4v) is 4.58. The van der Waals surface area contributed by atoms with Crippen molar-refractivity contribution in [2.45, 2.75) is 44.4 Å². The van der Waals surface area contributed by atoms with Crippen molar-refractivity contribution >= 4 is 23.1 Å². The van der Waals surface area contributed by atoms with Crippen LogP contribution in [-0.4, -0.2) is 29.1 Å². The number of nitrogens with zero attached hydrogens (tertiary/aromatic N) is 1. The lowest BCUT2D eigenvalue weighted by Gasteiger charge is -2.21. The Bertz CT molecular complexity index is 323. The van der Waals surface area contributed by atoms with E-state index in [9.17, 15) is 0 Å². The average molecular weight is 256 g/mol. The minimum absolute atomic E-state index is 0.595. The molecule has 0 bridgehead atoms. The zero-order chi connectivity index (χ0) is 11.5. The van der Waals surface area contributed by atoms with Gasteiger partial charge in [0.2, 0.25) is 0 Å². The van der Waals surface area contributed by atoms with E-state index in [1.54, 1.807) is 0 Å². The lowest BCUT2D eigenvalue weighted by atomic mass is 10.1. The minimum atomic E-state index is 0.595. The van der Waals surface area contributed by atoms with Crippen LogP contribution < -0.4 is 5.32 Å². The molecule has 0 saturated carbocycles. The molecule has 1 aromatic heterocycles. The van der Waals surface area contributed by atoms with Gasteiger partial charge < -0.3 is 5.32 Å². The van der Waals surface area contributed by atoms with Crippen LogP contribution in [-0.2, 0) is 6.42 Å². The fraction of sp³-hybridized carbons (Fsp3) is 0.750. The molecule has 0 spiro atoms. The Balaban J connectivity index is 2.00. The molecule has 1 aliphatic heterocycles. The smallest absolute Gasteiger partial charge is 0.0946 e. The number of hydrogen-bond acceptors (Lipinski definition) is 4. The van der Waals surface area contributed by atoms with Gasteiger partial charge in [0.05, 0.1) is 10.7 Å². The Morgan fingerprint density at radius 2 is 2.31 bits per heavy atom. The van der Waals surface area contributed by atoms with Gasteiger partial charge in [0.15, 0.2) is 0 Å². The first kappa shape index (κ1) is 12.4. The molecule has 90 valence electrons. The highest BCUT2D eigenvalue weighted by atomic mass is 32.2. The van der Waals surface area contributed by atoms with Gasteiger partial charge in [0, 0.05) is 22.6 Å². The highest BCUT2D eigenvalue weighted by Crippen LogP contribution is 2.30. The molecule has 1 N–H and O–H groups in total. The van der Waals surface area contributed by atoms with Crippen LogP contribution in [0, 0.1) is 13.8 Å². The summed E-state index contributed by atoms with van der Waals surface area (Å²) in [4.78, 5) is 6.00. The molecule has 1 aromatic rings. The molecule has 2 heterocycles. The van der Waals surface area contributed by atoms with Gasteiger partial charge >= 0.3 is 0 Å². The van der Waals surface area contributed by atoms with E-state index >= 15 is 0 Å². The number of thiazole rings is 1. The van der Waals surface area contributed by atoms with Crippen molar-refractivity contribution in [1.29, 1.82) is 0 Å². The summed E-state index contributed by atoms with van der Waals surface area (Å²) in [7, 11) is 2.08. The van der Waals surface area contributed by atoms with E-state index < -0.39 is 0 Å². The summed E-state index contributed by atoms with van der Waals surface area (Å²) in [6.45, 7) is 4.27. The molecule has 0 radical (unpaired) electrons. The topological polar surface area (TPSA) is 24.9 Å². The van der Waals surface area contributed by atoms with E-state index in [-0.39, 0.29) is 0 Å². The van der Waals surface area contributed by atoms with E-state index in [1.165, 1.54) is 34.2 Å². The van der Waals surface area contributed by atoms with Crippen molar-refractivity contribution < 1.29 is 0 Å². The molecule has 16 heavy (non-hydrogen) atoms. The second kappa shape index (κ2) is 5.52. The largest absolute Gasteiger partial charge is 0.315 e. The highest BCUT2D eigenvalue weighted by Gasteiger charge is 2.25. The zero-order valence-electron chi connectivity index (χ0n) is 10.2. The molecular formula is C12H20N2S2. The Morgan fingerprint density at radius 3 is 2.81 bits per heavy atom. The molecule has 1 aliphatic rings. The molecule has 2 rings (SSSR count). The molecule has 2 nitrogen and oxygen atoms in total. The average Bonchev–Trinajstić information content (AvgIpc) is 2.86. The van der Waals surface area contributed by atoms with Gasteiger partial charge in [-0.25, -0.2) is 4.98 Å². The standard InChI is InChI=1S/C12H20N2S2/c1-8-9(2)16-12(14-8)7-10(13-3)11-5-4-6-15-11/h10-11,13H,4-7H2,1-3H3. The minimum Gasteiger partial charge on any atom is -0.315 e. The summed E-state index contributed by atoms with van der Waals surface area (Å²) in [5.74, 6) is 1.33. The molecule has 1 fully saturated rings. The lowest BCUT2D eigenvalue weighted by Crippen LogP contribution is -2.36. The molecule has 0 aromatic carbocycles. The van der Waals surface area contributed by atoms with E-state index in [1.807, 2.05) is 11.3 Å². The Morgan fingerprint density at radius 1 is 1.50 bits per heavy atom. The Hall–Kier alpha value is -0.0600. The number of aryl methyl sites for hydroxylation is 2. The van der Waals surface area contributed by atoms with E-state index in [0.717, 1.165) is 11.7 Å². The number of nitrogens with one attached hydrogen (secondary N) is 1. The van der Waals surface area contributed by atoms with Crippen LogP contribution >= 0.6 is 23.1 Å². The summed E-state index contributed by atoms with van der Waals surface area (Å²) in [5, 5.41) is 5.55. The predicted molar refractivity (Wildman–Crippen MR) is 73.6 cm³/mol. The SMILES string of the molecule is CNC(Cc1nc(C)c(C)s1)C1CCCS1. The molecule has 2 atom stereocenters. The second-order valence-corrected chi connectivity index (χ2v) is 7.03. The quantitative estimate of drug-likeness (QED) is 0.896. The molecule has 1 saturated heterocycles. The van der Waals surface area contributed by atoms with Gasteiger partial charge in [0.25, 0.3) is 0 Å². The van der Waals surface area contributed by atoms with Crippen LogP contribution in [0.4, 0.5) is 0 Å². The van der Waals surface area contributed by atoms with Crippen molar-refractivity contribution in [2.75, 3.05) is 12.8 Å². The lowest BCUT2D eigenvalue weighted by molar-refractivity contribution is 0.523. The van der Waals surface area contributed by atoms with Crippen molar-refractivity contribution in [3.63, 3.8) is 0 Å². The zero-order valence-corrected chi connectivity index (χ0v) is 11.9. The molecule has 4 heteroatoms. The van der Waals surface area contributed by atoms with Crippen LogP contribution in [0.1, 0.15) is 28.4 Å². The summed E-state index contributed by atoms with van der Waals surface area (Å²) in [5.41, 5.74) is 1.20. The monoisotopic (exact) mass is 256 g/mol. The van der Waals surface area contributed by atoms with Gasteiger partial charge in [-0.3, -0.25) is 0 Å². The molecule has 0 amide bonds. The predicted octanol–water partition coefficient (Wildman–Crippen LogP) is 2.79. The van der Waals surface area contributed by atoms with Gasteiger partial charge in [-0.1, -0.05) is 0 Å². The number of aromatic nitrogens is 1. The van der Waals surface area contributed by atoms with Crippen molar-refractivity contribution in [3.8, 4) is 0 Å². The highest BCUT2D eigenvalue weighted by molar-refractivity contribution is 8.00. The summed E-state index contributed by atoms with van der Waals surface area (Å²) < 4.78 is 0. The van der Waals surface area contributed by atoms with Crippen LogP contribution in [0.5, 0.6) is 0 Å². The molecule has 0 aliphatic carbocycles. The van der Waals surface area contributed by atoms with Crippen LogP contribution in [0.15, 0.2) is 0 Å². The number of rotatable bonds is 4. The number of likely N-dealkylation sites (N-methyl/N-ethyl adjacent to an activating group) is 1. The van der Waals surface area contributed by atoms with E-state index in [4.69, 9.17) is 0 Å². The van der Waals surface area contributed by atoms with Crippen molar-refractivity contribution in [3.05, 3.63) is 15.6 Å². The van der Waals surface area contributed by atoms with Crippen LogP contribution in [0.25, 0.3) is 0 Å². The van der Waals surface area contributed by atoms with Crippen LogP contribution in [0.2, 0.25) is 0 Å². The first-order valence-corrected chi connectivity index (χ1v) is 7.79. The number of thioether (sulfide) groups is 1. The van der Waals surface area contributed by atoms with Crippen LogP contribution in [0.3, 0.4) is 0 Å².